The van der Waals surface area contributed by atoms with Crippen molar-refractivity contribution in [2.24, 2.45) is 0 Å². The van der Waals surface area contributed by atoms with Crippen molar-refractivity contribution >= 4 is 17.5 Å². The molecule has 1 heterocycles. The molecule has 2 aromatic rings. The minimum absolute atomic E-state index is 0.256. The van der Waals surface area contributed by atoms with Gasteiger partial charge in [-0.25, -0.2) is 4.79 Å². The molecule has 2 N–H and O–H groups in total. The van der Waals surface area contributed by atoms with Crippen LogP contribution in [0.25, 0.3) is 0 Å². The highest BCUT2D eigenvalue weighted by Gasteiger charge is 2.18. The second kappa shape index (κ2) is 6.17. The summed E-state index contributed by atoms with van der Waals surface area (Å²) in [6, 6.07) is 11.4. The Bertz CT molecular complexity index is 683. The molecular formula is C16H15NO4. The van der Waals surface area contributed by atoms with Crippen molar-refractivity contribution < 1.29 is 19.5 Å². The number of hydrogen-bond acceptors (Lipinski definition) is 3. The number of ketones is 2. The molecule has 0 radical (unpaired) electrons. The first-order chi connectivity index (χ1) is 9.95. The summed E-state index contributed by atoms with van der Waals surface area (Å²) in [4.78, 5) is 36.1. The highest BCUT2D eigenvalue weighted by Crippen LogP contribution is 2.12. The lowest BCUT2D eigenvalue weighted by Gasteiger charge is -2.00. The van der Waals surface area contributed by atoms with Crippen LogP contribution in [-0.4, -0.2) is 27.6 Å². The topological polar surface area (TPSA) is 87.2 Å². The Morgan fingerprint density at radius 1 is 1.05 bits per heavy atom. The molecule has 0 bridgehead atoms. The van der Waals surface area contributed by atoms with Gasteiger partial charge in [0.15, 0.2) is 5.78 Å². The minimum atomic E-state index is -1.59. The van der Waals surface area contributed by atoms with Crippen molar-refractivity contribution in [1.29, 1.82) is 0 Å². The predicted molar refractivity (Wildman–Crippen MR) is 76.4 cm³/mol. The summed E-state index contributed by atoms with van der Waals surface area (Å²) in [5.41, 5.74) is 3.37. The Labute approximate surface area is 121 Å². The van der Waals surface area contributed by atoms with Gasteiger partial charge in [0.1, 0.15) is 0 Å². The number of aliphatic carboxylic acids is 1. The maximum absolute atomic E-state index is 11.8. The lowest BCUT2D eigenvalue weighted by atomic mass is 10.1. The van der Waals surface area contributed by atoms with E-state index in [0.29, 0.717) is 6.42 Å². The van der Waals surface area contributed by atoms with E-state index in [2.05, 4.69) is 4.98 Å². The fourth-order valence-electron chi connectivity index (χ4n) is 1.95. The number of aromatic amines is 1. The third-order valence-electron chi connectivity index (χ3n) is 3.12. The number of H-pyrrole nitrogens is 1. The highest BCUT2D eigenvalue weighted by atomic mass is 16.4. The zero-order valence-electron chi connectivity index (χ0n) is 11.6. The van der Waals surface area contributed by atoms with E-state index in [9.17, 15) is 14.4 Å². The number of carboxylic acids is 1. The summed E-state index contributed by atoms with van der Waals surface area (Å²) < 4.78 is 0. The molecule has 0 saturated carbocycles. The molecule has 0 aliphatic heterocycles. The normalized spacial score (nSPS) is 10.3. The molecule has 108 valence electrons. The predicted octanol–water partition coefficient (Wildman–Crippen LogP) is 2.14. The molecule has 1 aromatic heterocycles. The van der Waals surface area contributed by atoms with E-state index < -0.39 is 24.0 Å². The summed E-state index contributed by atoms with van der Waals surface area (Å²) in [6.07, 6.45) is 0.0141. The molecule has 5 nitrogen and oxygen atoms in total. The quantitative estimate of drug-likeness (QED) is 0.483. The number of aromatic nitrogens is 1. The van der Waals surface area contributed by atoms with Crippen molar-refractivity contribution in [3.63, 3.8) is 0 Å². The fourth-order valence-corrected chi connectivity index (χ4v) is 1.95. The average molecular weight is 285 g/mol. The van der Waals surface area contributed by atoms with Gasteiger partial charge in [-0.15, -0.1) is 0 Å². The highest BCUT2D eigenvalue weighted by molar-refractivity contribution is 6.37. The van der Waals surface area contributed by atoms with E-state index in [1.807, 2.05) is 31.2 Å². The lowest BCUT2D eigenvalue weighted by molar-refractivity contribution is -0.148. The first-order valence-corrected chi connectivity index (χ1v) is 6.48. The van der Waals surface area contributed by atoms with Gasteiger partial charge in [0, 0.05) is 12.1 Å². The van der Waals surface area contributed by atoms with E-state index in [4.69, 9.17) is 5.11 Å². The Kier molecular flexibility index (Phi) is 4.33. The van der Waals surface area contributed by atoms with Gasteiger partial charge in [-0.1, -0.05) is 29.8 Å². The number of hydrogen-bond donors (Lipinski definition) is 2. The molecule has 0 aliphatic carbocycles. The number of Topliss-reactive ketones (excluding diaryl/α,β-unsaturated/α-hetero) is 2. The van der Waals surface area contributed by atoms with Crippen LogP contribution in [0.2, 0.25) is 0 Å². The molecule has 21 heavy (non-hydrogen) atoms. The van der Waals surface area contributed by atoms with Crippen LogP contribution >= 0.6 is 0 Å². The van der Waals surface area contributed by atoms with Gasteiger partial charge < -0.3 is 10.1 Å². The summed E-state index contributed by atoms with van der Waals surface area (Å²) in [5, 5.41) is 8.49. The van der Waals surface area contributed by atoms with Gasteiger partial charge in [-0.05, 0) is 24.6 Å². The number of carbonyl (C=O) groups excluding carboxylic acids is 2. The zero-order chi connectivity index (χ0) is 15.4. The SMILES string of the molecule is Cc1ccc(Cc2ccc(C(=O)CC(=O)C(=O)O)[nH]2)cc1. The molecule has 0 fully saturated rings. The van der Waals surface area contributed by atoms with Crippen molar-refractivity contribution in [1.82, 2.24) is 4.98 Å². The Morgan fingerprint density at radius 3 is 2.33 bits per heavy atom. The first-order valence-electron chi connectivity index (χ1n) is 6.48. The molecule has 0 atom stereocenters. The standard InChI is InChI=1S/C16H15NO4/c1-10-2-4-11(5-3-10)8-12-6-7-13(17-12)14(18)9-15(19)16(20)21/h2-7,17H,8-9H2,1H3,(H,20,21). The summed E-state index contributed by atoms with van der Waals surface area (Å²) >= 11 is 0. The van der Waals surface area contributed by atoms with Crippen LogP contribution < -0.4 is 0 Å². The summed E-state index contributed by atoms with van der Waals surface area (Å²) in [5.74, 6) is -3.21. The average Bonchev–Trinajstić information content (AvgIpc) is 2.90. The molecule has 0 spiro atoms. The first kappa shape index (κ1) is 14.7. The van der Waals surface area contributed by atoms with Gasteiger partial charge in [-0.2, -0.15) is 0 Å². The molecule has 0 aliphatic rings. The Hall–Kier alpha value is -2.69. The smallest absolute Gasteiger partial charge is 0.372 e. The van der Waals surface area contributed by atoms with Crippen molar-refractivity contribution in [3.05, 3.63) is 58.9 Å². The van der Waals surface area contributed by atoms with Crippen LogP contribution in [0.4, 0.5) is 0 Å². The lowest BCUT2D eigenvalue weighted by Crippen LogP contribution is -2.17. The Morgan fingerprint density at radius 2 is 1.71 bits per heavy atom. The van der Waals surface area contributed by atoms with Crippen molar-refractivity contribution in [2.45, 2.75) is 19.8 Å². The largest absolute Gasteiger partial charge is 0.475 e. The van der Waals surface area contributed by atoms with Crippen LogP contribution in [0.3, 0.4) is 0 Å². The van der Waals surface area contributed by atoms with Crippen LogP contribution in [0.1, 0.15) is 33.7 Å². The van der Waals surface area contributed by atoms with Crippen LogP contribution in [0.5, 0.6) is 0 Å². The number of rotatable bonds is 6. The van der Waals surface area contributed by atoms with Crippen molar-refractivity contribution in [2.75, 3.05) is 0 Å². The van der Waals surface area contributed by atoms with E-state index in [1.54, 1.807) is 12.1 Å². The molecular weight excluding hydrogens is 270 g/mol. The van der Waals surface area contributed by atoms with Crippen LogP contribution in [0.15, 0.2) is 36.4 Å². The number of aryl methyl sites for hydroxylation is 1. The summed E-state index contributed by atoms with van der Waals surface area (Å²) in [6.45, 7) is 2.01. The van der Waals surface area contributed by atoms with Gasteiger partial charge in [0.05, 0.1) is 12.1 Å². The third kappa shape index (κ3) is 3.89. The van der Waals surface area contributed by atoms with Gasteiger partial charge in [0.2, 0.25) is 5.78 Å². The fraction of sp³-hybridized carbons (Fsp3) is 0.188. The zero-order valence-corrected chi connectivity index (χ0v) is 11.6. The number of benzene rings is 1. The maximum Gasteiger partial charge on any atom is 0.372 e. The van der Waals surface area contributed by atoms with E-state index in [0.717, 1.165) is 11.3 Å². The molecule has 1 aromatic carbocycles. The monoisotopic (exact) mass is 285 g/mol. The maximum atomic E-state index is 11.8. The van der Waals surface area contributed by atoms with Crippen LogP contribution in [-0.2, 0) is 16.0 Å². The number of carbonyl (C=O) groups is 3. The second-order valence-corrected chi connectivity index (χ2v) is 4.89. The number of carboxylic acid groups (broad SMARTS) is 1. The number of nitrogens with one attached hydrogen (secondary N) is 1. The molecule has 0 amide bonds. The van der Waals surface area contributed by atoms with Crippen LogP contribution in [0, 0.1) is 6.92 Å². The summed E-state index contributed by atoms with van der Waals surface area (Å²) in [7, 11) is 0. The van der Waals surface area contributed by atoms with E-state index in [-0.39, 0.29) is 5.69 Å². The second-order valence-electron chi connectivity index (χ2n) is 4.89. The minimum Gasteiger partial charge on any atom is -0.475 e. The van der Waals surface area contributed by atoms with Crippen molar-refractivity contribution in [3.8, 4) is 0 Å². The van der Waals surface area contributed by atoms with Gasteiger partial charge in [0.25, 0.3) is 0 Å². The Balaban J connectivity index is 2.04. The molecule has 5 heteroatoms. The molecule has 0 unspecified atom stereocenters. The van der Waals surface area contributed by atoms with E-state index in [1.165, 1.54) is 5.56 Å². The third-order valence-corrected chi connectivity index (χ3v) is 3.12. The molecule has 2 rings (SSSR count). The van der Waals surface area contributed by atoms with E-state index >= 15 is 0 Å². The molecule has 0 saturated heterocycles. The van der Waals surface area contributed by atoms with Gasteiger partial charge in [-0.3, -0.25) is 9.59 Å². The van der Waals surface area contributed by atoms with Gasteiger partial charge >= 0.3 is 5.97 Å².